The summed E-state index contributed by atoms with van der Waals surface area (Å²) in [6.07, 6.45) is 1.77. The van der Waals surface area contributed by atoms with Crippen molar-refractivity contribution in [3.63, 3.8) is 0 Å². The lowest BCUT2D eigenvalue weighted by atomic mass is 10.1. The van der Waals surface area contributed by atoms with E-state index in [-0.39, 0.29) is 0 Å². The molecule has 5 heteroatoms. The van der Waals surface area contributed by atoms with E-state index in [4.69, 9.17) is 21.4 Å². The van der Waals surface area contributed by atoms with Crippen molar-refractivity contribution in [2.45, 2.75) is 18.9 Å². The highest BCUT2D eigenvalue weighted by atomic mass is 35.5. The van der Waals surface area contributed by atoms with Crippen molar-refractivity contribution in [1.82, 2.24) is 4.98 Å². The minimum Gasteiger partial charge on any atom is -0.479 e. The standard InChI is InChI=1S/C9H8ClNO3/c10-6-3-5-1-2-7(9(12)13)14-8(5)11-4-6/h3-4,7H,1-2H2,(H,12,13). The molecule has 1 aromatic rings. The van der Waals surface area contributed by atoms with E-state index in [9.17, 15) is 4.79 Å². The molecule has 0 saturated carbocycles. The van der Waals surface area contributed by atoms with E-state index in [1.807, 2.05) is 0 Å². The molecular weight excluding hydrogens is 206 g/mol. The molecule has 2 rings (SSSR count). The molecule has 0 amide bonds. The minimum atomic E-state index is -0.951. The molecule has 14 heavy (non-hydrogen) atoms. The van der Waals surface area contributed by atoms with Crippen molar-refractivity contribution in [1.29, 1.82) is 0 Å². The number of carbonyl (C=O) groups is 1. The first-order chi connectivity index (χ1) is 6.66. The van der Waals surface area contributed by atoms with Gasteiger partial charge in [0.2, 0.25) is 5.88 Å². The molecule has 0 aliphatic carbocycles. The lowest BCUT2D eigenvalue weighted by Gasteiger charge is -2.21. The molecule has 0 saturated heterocycles. The summed E-state index contributed by atoms with van der Waals surface area (Å²) in [7, 11) is 0. The van der Waals surface area contributed by atoms with Crippen LogP contribution in [-0.4, -0.2) is 22.2 Å². The average molecular weight is 214 g/mol. The lowest BCUT2D eigenvalue weighted by molar-refractivity contribution is -0.145. The Morgan fingerprint density at radius 3 is 3.21 bits per heavy atom. The average Bonchev–Trinajstić information content (AvgIpc) is 2.16. The molecule has 0 bridgehead atoms. The van der Waals surface area contributed by atoms with Crippen LogP contribution in [0.3, 0.4) is 0 Å². The molecule has 1 N–H and O–H groups in total. The molecule has 74 valence electrons. The number of halogens is 1. The van der Waals surface area contributed by atoms with Gasteiger partial charge >= 0.3 is 5.97 Å². The fourth-order valence-corrected chi connectivity index (χ4v) is 1.59. The number of nitrogens with zero attached hydrogens (tertiary/aromatic N) is 1. The number of rotatable bonds is 1. The van der Waals surface area contributed by atoms with Gasteiger partial charge in [-0.3, -0.25) is 0 Å². The van der Waals surface area contributed by atoms with Crippen LogP contribution in [0, 0.1) is 0 Å². The Morgan fingerprint density at radius 2 is 2.50 bits per heavy atom. The molecule has 2 heterocycles. The van der Waals surface area contributed by atoms with Crippen LogP contribution in [0.1, 0.15) is 12.0 Å². The van der Waals surface area contributed by atoms with Gasteiger partial charge in [0, 0.05) is 11.8 Å². The third-order valence-electron chi connectivity index (χ3n) is 2.10. The fourth-order valence-electron chi connectivity index (χ4n) is 1.41. The second kappa shape index (κ2) is 3.46. The van der Waals surface area contributed by atoms with Gasteiger partial charge in [0.1, 0.15) is 0 Å². The summed E-state index contributed by atoms with van der Waals surface area (Å²) in [5.74, 6) is -0.569. The van der Waals surface area contributed by atoms with Gasteiger partial charge < -0.3 is 9.84 Å². The number of pyridine rings is 1. The first-order valence-electron chi connectivity index (χ1n) is 4.20. The third-order valence-corrected chi connectivity index (χ3v) is 2.30. The summed E-state index contributed by atoms with van der Waals surface area (Å²) in [4.78, 5) is 14.6. The van der Waals surface area contributed by atoms with Gasteiger partial charge in [-0.2, -0.15) is 0 Å². The van der Waals surface area contributed by atoms with Crippen molar-refractivity contribution in [3.8, 4) is 5.88 Å². The maximum absolute atomic E-state index is 10.7. The Morgan fingerprint density at radius 1 is 1.71 bits per heavy atom. The van der Waals surface area contributed by atoms with Crippen LogP contribution in [0.25, 0.3) is 0 Å². The largest absolute Gasteiger partial charge is 0.479 e. The van der Waals surface area contributed by atoms with Crippen molar-refractivity contribution < 1.29 is 14.6 Å². The molecule has 1 aromatic heterocycles. The van der Waals surface area contributed by atoms with E-state index in [1.165, 1.54) is 6.20 Å². The number of hydrogen-bond acceptors (Lipinski definition) is 3. The molecule has 0 radical (unpaired) electrons. The summed E-state index contributed by atoms with van der Waals surface area (Å²) in [5, 5.41) is 9.28. The minimum absolute atomic E-state index is 0.382. The quantitative estimate of drug-likeness (QED) is 0.768. The monoisotopic (exact) mass is 213 g/mol. The van der Waals surface area contributed by atoms with E-state index < -0.39 is 12.1 Å². The lowest BCUT2D eigenvalue weighted by Crippen LogP contribution is -2.31. The second-order valence-electron chi connectivity index (χ2n) is 3.10. The number of aryl methyl sites for hydroxylation is 1. The van der Waals surface area contributed by atoms with Crippen molar-refractivity contribution in [2.24, 2.45) is 0 Å². The number of hydrogen-bond donors (Lipinski definition) is 1. The summed E-state index contributed by atoms with van der Waals surface area (Å²) in [5.41, 5.74) is 0.870. The Hall–Kier alpha value is -1.29. The van der Waals surface area contributed by atoms with Gasteiger partial charge in [-0.05, 0) is 18.9 Å². The third kappa shape index (κ3) is 1.65. The van der Waals surface area contributed by atoms with E-state index in [0.29, 0.717) is 23.7 Å². The number of aromatic nitrogens is 1. The predicted octanol–water partition coefficient (Wildman–Crippen LogP) is 1.51. The van der Waals surface area contributed by atoms with E-state index in [1.54, 1.807) is 6.07 Å². The molecule has 0 fully saturated rings. The van der Waals surface area contributed by atoms with Crippen LogP contribution in [0.4, 0.5) is 0 Å². The van der Waals surface area contributed by atoms with Gasteiger partial charge in [0.15, 0.2) is 6.10 Å². The van der Waals surface area contributed by atoms with Crippen molar-refractivity contribution in [2.75, 3.05) is 0 Å². The zero-order valence-electron chi connectivity index (χ0n) is 7.24. The van der Waals surface area contributed by atoms with E-state index in [2.05, 4.69) is 4.98 Å². The zero-order chi connectivity index (χ0) is 10.1. The molecule has 1 aliphatic heterocycles. The Balaban J connectivity index is 2.27. The SMILES string of the molecule is O=C(O)C1CCc2cc(Cl)cnc2O1. The van der Waals surface area contributed by atoms with Gasteiger partial charge in [-0.1, -0.05) is 11.6 Å². The summed E-state index contributed by atoms with van der Waals surface area (Å²) in [6, 6.07) is 1.75. The predicted molar refractivity (Wildman–Crippen MR) is 49.6 cm³/mol. The maximum Gasteiger partial charge on any atom is 0.344 e. The smallest absolute Gasteiger partial charge is 0.344 e. The van der Waals surface area contributed by atoms with Crippen molar-refractivity contribution in [3.05, 3.63) is 22.8 Å². The molecule has 0 aromatic carbocycles. The Labute approximate surface area is 85.5 Å². The Bertz CT molecular complexity index is 380. The topological polar surface area (TPSA) is 59.4 Å². The highest BCUT2D eigenvalue weighted by Crippen LogP contribution is 2.27. The van der Waals surface area contributed by atoms with Crippen LogP contribution in [-0.2, 0) is 11.2 Å². The van der Waals surface area contributed by atoms with Gasteiger partial charge in [0.25, 0.3) is 0 Å². The van der Waals surface area contributed by atoms with Crippen molar-refractivity contribution >= 4 is 17.6 Å². The molecule has 0 spiro atoms. The number of carboxylic acids is 1. The first-order valence-corrected chi connectivity index (χ1v) is 4.58. The number of carboxylic acid groups (broad SMARTS) is 1. The highest BCUT2D eigenvalue weighted by molar-refractivity contribution is 6.30. The summed E-state index contributed by atoms with van der Waals surface area (Å²) in [6.45, 7) is 0. The van der Waals surface area contributed by atoms with Crippen LogP contribution in [0.5, 0.6) is 5.88 Å². The normalized spacial score (nSPS) is 19.6. The zero-order valence-corrected chi connectivity index (χ0v) is 7.99. The molecule has 1 unspecified atom stereocenters. The fraction of sp³-hybridized carbons (Fsp3) is 0.333. The molecular formula is C9H8ClNO3. The van der Waals surface area contributed by atoms with Crippen LogP contribution in [0.2, 0.25) is 5.02 Å². The van der Waals surface area contributed by atoms with Gasteiger partial charge in [-0.15, -0.1) is 0 Å². The van der Waals surface area contributed by atoms with Gasteiger partial charge in [-0.25, -0.2) is 9.78 Å². The first kappa shape index (κ1) is 9.27. The summed E-state index contributed by atoms with van der Waals surface area (Å²) >= 11 is 5.74. The van der Waals surface area contributed by atoms with Crippen LogP contribution in [0.15, 0.2) is 12.3 Å². The maximum atomic E-state index is 10.7. The van der Waals surface area contributed by atoms with Gasteiger partial charge in [0.05, 0.1) is 5.02 Å². The molecule has 1 atom stereocenters. The summed E-state index contributed by atoms with van der Waals surface area (Å²) < 4.78 is 5.18. The van der Waals surface area contributed by atoms with Crippen LogP contribution < -0.4 is 4.74 Å². The highest BCUT2D eigenvalue weighted by Gasteiger charge is 2.26. The number of aliphatic carboxylic acids is 1. The molecule has 4 nitrogen and oxygen atoms in total. The number of fused-ring (bicyclic) bond motifs is 1. The van der Waals surface area contributed by atoms with Crippen LogP contribution >= 0.6 is 11.6 Å². The molecule has 1 aliphatic rings. The Kier molecular flexibility index (Phi) is 2.29. The number of ether oxygens (including phenoxy) is 1. The van der Waals surface area contributed by atoms with E-state index >= 15 is 0 Å². The second-order valence-corrected chi connectivity index (χ2v) is 3.54. The van der Waals surface area contributed by atoms with E-state index in [0.717, 1.165) is 5.56 Å².